The van der Waals surface area contributed by atoms with Crippen LogP contribution in [0.15, 0.2) is 4.99 Å². The van der Waals surface area contributed by atoms with Crippen molar-refractivity contribution < 1.29 is 19.0 Å². The molecule has 0 aliphatic carbocycles. The summed E-state index contributed by atoms with van der Waals surface area (Å²) in [6.45, 7) is 3.52. The van der Waals surface area contributed by atoms with Crippen molar-refractivity contribution in [3.05, 3.63) is 0 Å². The van der Waals surface area contributed by atoms with E-state index in [1.165, 1.54) is 6.92 Å². The molecule has 0 aromatic heterocycles. The van der Waals surface area contributed by atoms with Gasteiger partial charge in [0.25, 0.3) is 0 Å². The number of aliphatic imine (C=N–C) groups is 1. The first kappa shape index (κ1) is 10.4. The summed E-state index contributed by atoms with van der Waals surface area (Å²) < 4.78 is 15.9. The van der Waals surface area contributed by atoms with E-state index in [0.29, 0.717) is 12.5 Å². The predicted octanol–water partition coefficient (Wildman–Crippen LogP) is 0.872. The van der Waals surface area contributed by atoms with Crippen LogP contribution in [0.4, 0.5) is 0 Å². The molecule has 3 unspecified atom stereocenters. The zero-order valence-corrected chi connectivity index (χ0v) is 8.93. The summed E-state index contributed by atoms with van der Waals surface area (Å²) in [5.41, 5.74) is 0. The molecule has 0 N–H and O–H groups in total. The van der Waals surface area contributed by atoms with Gasteiger partial charge in [0.2, 0.25) is 6.29 Å². The van der Waals surface area contributed by atoms with Gasteiger partial charge in [0, 0.05) is 13.8 Å². The smallest absolute Gasteiger partial charge is 0.302 e. The molecule has 0 amide bonds. The molecule has 2 heterocycles. The van der Waals surface area contributed by atoms with Gasteiger partial charge in [0.1, 0.15) is 12.6 Å². The fourth-order valence-electron chi connectivity index (χ4n) is 1.84. The Kier molecular flexibility index (Phi) is 2.90. The highest BCUT2D eigenvalue weighted by atomic mass is 16.7. The molecule has 0 radical (unpaired) electrons. The van der Waals surface area contributed by atoms with E-state index in [4.69, 9.17) is 14.2 Å². The van der Waals surface area contributed by atoms with Gasteiger partial charge in [-0.05, 0) is 12.8 Å². The molecule has 0 aromatic carbocycles. The van der Waals surface area contributed by atoms with Crippen LogP contribution in [0.25, 0.3) is 0 Å². The maximum Gasteiger partial charge on any atom is 0.302 e. The van der Waals surface area contributed by atoms with Crippen LogP contribution in [0.1, 0.15) is 26.7 Å². The molecular weight excluding hydrogens is 198 g/mol. The number of carbonyl (C=O) groups is 1. The maximum atomic E-state index is 10.6. The van der Waals surface area contributed by atoms with E-state index in [0.717, 1.165) is 12.8 Å². The minimum atomic E-state index is -0.278. The van der Waals surface area contributed by atoms with Crippen LogP contribution in [-0.4, -0.2) is 36.9 Å². The first-order chi connectivity index (χ1) is 7.15. The highest BCUT2D eigenvalue weighted by Gasteiger charge is 2.37. The predicted molar refractivity (Wildman–Crippen MR) is 52.5 cm³/mol. The Labute approximate surface area is 88.4 Å². The standard InChI is InChI=1S/C10H15NO4/c1-6-11-9-4-3-8(5-13-7(2)12)15-10(9)14-6/h8-10H,3-5H2,1-2H3. The molecule has 15 heavy (non-hydrogen) atoms. The summed E-state index contributed by atoms with van der Waals surface area (Å²) in [6.07, 6.45) is 1.44. The van der Waals surface area contributed by atoms with Crippen molar-refractivity contribution in [1.29, 1.82) is 0 Å². The normalized spacial score (nSPS) is 34.0. The topological polar surface area (TPSA) is 57.1 Å². The van der Waals surface area contributed by atoms with Gasteiger partial charge in [0.05, 0.1) is 6.10 Å². The molecule has 2 rings (SSSR count). The largest absolute Gasteiger partial charge is 0.463 e. The van der Waals surface area contributed by atoms with Gasteiger partial charge in [-0.25, -0.2) is 4.99 Å². The van der Waals surface area contributed by atoms with Crippen LogP contribution >= 0.6 is 0 Å². The van der Waals surface area contributed by atoms with E-state index in [1.807, 2.05) is 6.92 Å². The lowest BCUT2D eigenvalue weighted by Crippen LogP contribution is -2.38. The number of ether oxygens (including phenoxy) is 3. The van der Waals surface area contributed by atoms with E-state index in [-0.39, 0.29) is 24.4 Å². The third-order valence-electron chi connectivity index (χ3n) is 2.53. The fourth-order valence-corrected chi connectivity index (χ4v) is 1.84. The first-order valence-electron chi connectivity index (χ1n) is 5.15. The molecule has 84 valence electrons. The van der Waals surface area contributed by atoms with Crippen molar-refractivity contribution in [3.63, 3.8) is 0 Å². The fraction of sp³-hybridized carbons (Fsp3) is 0.800. The molecule has 0 spiro atoms. The van der Waals surface area contributed by atoms with Gasteiger partial charge in [-0.2, -0.15) is 0 Å². The molecule has 0 aromatic rings. The van der Waals surface area contributed by atoms with Gasteiger partial charge < -0.3 is 14.2 Å². The van der Waals surface area contributed by atoms with Crippen LogP contribution in [-0.2, 0) is 19.0 Å². The second-order valence-corrected chi connectivity index (χ2v) is 3.84. The molecule has 0 saturated carbocycles. The molecule has 5 heteroatoms. The van der Waals surface area contributed by atoms with E-state index in [2.05, 4.69) is 4.99 Å². The third kappa shape index (κ3) is 2.47. The Morgan fingerprint density at radius 3 is 3.13 bits per heavy atom. The lowest BCUT2D eigenvalue weighted by molar-refractivity contribution is -0.175. The zero-order chi connectivity index (χ0) is 10.8. The van der Waals surface area contributed by atoms with Crippen LogP contribution in [0, 0.1) is 0 Å². The average Bonchev–Trinajstić information content (AvgIpc) is 2.53. The number of hydrogen-bond acceptors (Lipinski definition) is 5. The summed E-state index contributed by atoms with van der Waals surface area (Å²) >= 11 is 0. The Morgan fingerprint density at radius 2 is 2.40 bits per heavy atom. The summed E-state index contributed by atoms with van der Waals surface area (Å²) in [5, 5.41) is 0. The van der Waals surface area contributed by atoms with Crippen molar-refractivity contribution in [2.75, 3.05) is 6.61 Å². The van der Waals surface area contributed by atoms with Crippen LogP contribution in [0.5, 0.6) is 0 Å². The number of esters is 1. The van der Waals surface area contributed by atoms with E-state index in [9.17, 15) is 4.79 Å². The molecular formula is C10H15NO4. The lowest BCUT2D eigenvalue weighted by atomic mass is 10.1. The van der Waals surface area contributed by atoms with Gasteiger partial charge >= 0.3 is 5.97 Å². The van der Waals surface area contributed by atoms with E-state index in [1.54, 1.807) is 0 Å². The van der Waals surface area contributed by atoms with Crippen LogP contribution < -0.4 is 0 Å². The monoisotopic (exact) mass is 213 g/mol. The molecule has 1 fully saturated rings. The average molecular weight is 213 g/mol. The molecule has 2 aliphatic heterocycles. The molecule has 1 saturated heterocycles. The Morgan fingerprint density at radius 1 is 1.60 bits per heavy atom. The summed E-state index contributed by atoms with van der Waals surface area (Å²) in [7, 11) is 0. The van der Waals surface area contributed by atoms with Crippen molar-refractivity contribution in [2.45, 2.75) is 45.1 Å². The SMILES string of the molecule is CC(=O)OCC1CCC2N=C(C)OC2O1. The number of rotatable bonds is 2. The first-order valence-corrected chi connectivity index (χ1v) is 5.15. The summed E-state index contributed by atoms with van der Waals surface area (Å²) in [5.74, 6) is 0.402. The molecule has 3 atom stereocenters. The minimum absolute atomic E-state index is 0.0590. The summed E-state index contributed by atoms with van der Waals surface area (Å²) in [6, 6.07) is 0.124. The highest BCUT2D eigenvalue weighted by molar-refractivity contribution is 5.75. The zero-order valence-electron chi connectivity index (χ0n) is 8.93. The lowest BCUT2D eigenvalue weighted by Gasteiger charge is -2.29. The number of fused-ring (bicyclic) bond motifs is 1. The number of hydrogen-bond donors (Lipinski definition) is 0. The van der Waals surface area contributed by atoms with Gasteiger partial charge in [-0.1, -0.05) is 0 Å². The van der Waals surface area contributed by atoms with Gasteiger partial charge in [-0.3, -0.25) is 4.79 Å². The van der Waals surface area contributed by atoms with Crippen LogP contribution in [0.2, 0.25) is 0 Å². The quantitative estimate of drug-likeness (QED) is 0.639. The van der Waals surface area contributed by atoms with Crippen LogP contribution in [0.3, 0.4) is 0 Å². The second kappa shape index (κ2) is 4.18. The Bertz CT molecular complexity index is 289. The van der Waals surface area contributed by atoms with Crippen molar-refractivity contribution in [3.8, 4) is 0 Å². The molecule has 2 aliphatic rings. The van der Waals surface area contributed by atoms with Crippen molar-refractivity contribution in [1.82, 2.24) is 0 Å². The highest BCUT2D eigenvalue weighted by Crippen LogP contribution is 2.27. The van der Waals surface area contributed by atoms with Gasteiger partial charge in [-0.15, -0.1) is 0 Å². The number of carbonyl (C=O) groups excluding carboxylic acids is 1. The Balaban J connectivity index is 1.81. The third-order valence-corrected chi connectivity index (χ3v) is 2.53. The maximum absolute atomic E-state index is 10.6. The van der Waals surface area contributed by atoms with Crippen molar-refractivity contribution >= 4 is 11.9 Å². The second-order valence-electron chi connectivity index (χ2n) is 3.84. The van der Waals surface area contributed by atoms with E-state index < -0.39 is 0 Å². The van der Waals surface area contributed by atoms with Crippen molar-refractivity contribution in [2.24, 2.45) is 4.99 Å². The number of nitrogens with zero attached hydrogens (tertiary/aromatic N) is 1. The minimum Gasteiger partial charge on any atom is -0.463 e. The Hall–Kier alpha value is -1.10. The van der Waals surface area contributed by atoms with E-state index >= 15 is 0 Å². The molecule has 5 nitrogen and oxygen atoms in total. The summed E-state index contributed by atoms with van der Waals surface area (Å²) in [4.78, 5) is 14.9. The molecule has 0 bridgehead atoms. The van der Waals surface area contributed by atoms with Gasteiger partial charge in [0.15, 0.2) is 5.90 Å².